The number of carbonyl (C=O) groups is 1. The highest BCUT2D eigenvalue weighted by Gasteiger charge is 2.11. The summed E-state index contributed by atoms with van der Waals surface area (Å²) in [5, 5.41) is 2.90. The number of piperidine rings is 1. The third-order valence-corrected chi connectivity index (χ3v) is 4.47. The van der Waals surface area contributed by atoms with E-state index in [9.17, 15) is 4.79 Å². The van der Waals surface area contributed by atoms with Crippen molar-refractivity contribution in [2.45, 2.75) is 25.8 Å². The lowest BCUT2D eigenvalue weighted by atomic mass is 10.1. The summed E-state index contributed by atoms with van der Waals surface area (Å²) in [5.74, 6) is 0.764. The molecule has 1 saturated heterocycles. The lowest BCUT2D eigenvalue weighted by Gasteiger charge is -2.26. The van der Waals surface area contributed by atoms with E-state index in [1.807, 2.05) is 42.5 Å². The summed E-state index contributed by atoms with van der Waals surface area (Å²) in [6, 6.07) is 17.6. The first-order valence-electron chi connectivity index (χ1n) is 9.08. The largest absolute Gasteiger partial charge is 0.492 e. The number of amides is 1. The maximum absolute atomic E-state index is 12.2. The summed E-state index contributed by atoms with van der Waals surface area (Å²) < 4.78 is 5.58. The fourth-order valence-corrected chi connectivity index (χ4v) is 3.09. The molecule has 4 nitrogen and oxygen atoms in total. The molecule has 1 heterocycles. The minimum absolute atomic E-state index is 0.0545. The van der Waals surface area contributed by atoms with E-state index >= 15 is 0 Å². The molecule has 1 aliphatic heterocycles. The Labute approximate surface area is 149 Å². The van der Waals surface area contributed by atoms with Crippen LogP contribution in [0.1, 0.15) is 35.2 Å². The van der Waals surface area contributed by atoms with Gasteiger partial charge in [0.15, 0.2) is 0 Å². The van der Waals surface area contributed by atoms with Crippen molar-refractivity contribution >= 4 is 5.91 Å². The van der Waals surface area contributed by atoms with E-state index in [-0.39, 0.29) is 5.91 Å². The Morgan fingerprint density at radius 2 is 1.68 bits per heavy atom. The van der Waals surface area contributed by atoms with Crippen LogP contribution in [0, 0.1) is 0 Å². The maximum Gasteiger partial charge on any atom is 0.251 e. The van der Waals surface area contributed by atoms with Crippen LogP contribution >= 0.6 is 0 Å². The van der Waals surface area contributed by atoms with Crippen LogP contribution in [0.2, 0.25) is 0 Å². The highest BCUT2D eigenvalue weighted by atomic mass is 16.5. The van der Waals surface area contributed by atoms with Crippen LogP contribution in [0.5, 0.6) is 5.75 Å². The summed E-state index contributed by atoms with van der Waals surface area (Å²) in [6.45, 7) is 4.30. The Morgan fingerprint density at radius 1 is 0.960 bits per heavy atom. The van der Waals surface area contributed by atoms with Gasteiger partial charge in [-0.25, -0.2) is 0 Å². The first-order chi connectivity index (χ1) is 12.3. The second-order valence-electron chi connectivity index (χ2n) is 6.45. The lowest BCUT2D eigenvalue weighted by molar-refractivity contribution is 0.0947. The Morgan fingerprint density at radius 3 is 2.40 bits per heavy atom. The highest BCUT2D eigenvalue weighted by Crippen LogP contribution is 2.13. The predicted octanol–water partition coefficient (Wildman–Crippen LogP) is 3.48. The van der Waals surface area contributed by atoms with Crippen LogP contribution < -0.4 is 10.1 Å². The van der Waals surface area contributed by atoms with Crippen molar-refractivity contribution in [3.05, 3.63) is 65.7 Å². The Balaban J connectivity index is 1.41. The van der Waals surface area contributed by atoms with E-state index < -0.39 is 0 Å². The molecule has 4 heteroatoms. The van der Waals surface area contributed by atoms with E-state index in [4.69, 9.17) is 4.74 Å². The molecule has 1 fully saturated rings. The normalized spacial score (nSPS) is 14.9. The molecule has 0 aromatic heterocycles. The first-order valence-corrected chi connectivity index (χ1v) is 9.08. The van der Waals surface area contributed by atoms with E-state index in [1.54, 1.807) is 0 Å². The molecule has 0 atom stereocenters. The van der Waals surface area contributed by atoms with Crippen LogP contribution in [0.15, 0.2) is 54.6 Å². The molecule has 1 aliphatic rings. The lowest BCUT2D eigenvalue weighted by Crippen LogP contribution is -2.29. The first kappa shape index (κ1) is 17.5. The van der Waals surface area contributed by atoms with Gasteiger partial charge in [-0.1, -0.05) is 36.8 Å². The van der Waals surface area contributed by atoms with Gasteiger partial charge in [-0.2, -0.15) is 0 Å². The van der Waals surface area contributed by atoms with Gasteiger partial charge in [0.05, 0.1) is 6.54 Å². The summed E-state index contributed by atoms with van der Waals surface area (Å²) in [4.78, 5) is 14.7. The molecule has 0 saturated carbocycles. The number of nitrogens with one attached hydrogen (secondary N) is 1. The zero-order valence-corrected chi connectivity index (χ0v) is 14.6. The van der Waals surface area contributed by atoms with Crippen LogP contribution in [0.25, 0.3) is 0 Å². The second kappa shape index (κ2) is 9.23. The monoisotopic (exact) mass is 338 g/mol. The molecule has 132 valence electrons. The average molecular weight is 338 g/mol. The predicted molar refractivity (Wildman–Crippen MR) is 99.8 cm³/mol. The zero-order chi connectivity index (χ0) is 17.3. The number of para-hydroxylation sites is 1. The topological polar surface area (TPSA) is 41.6 Å². The number of nitrogens with zero attached hydrogens (tertiary/aromatic N) is 1. The quantitative estimate of drug-likeness (QED) is 0.786. The number of benzene rings is 2. The molecule has 3 rings (SSSR count). The van der Waals surface area contributed by atoms with Crippen molar-refractivity contribution < 1.29 is 9.53 Å². The molecular formula is C21H26N2O2. The van der Waals surface area contributed by atoms with E-state index in [0.717, 1.165) is 12.3 Å². The van der Waals surface area contributed by atoms with E-state index in [2.05, 4.69) is 22.3 Å². The maximum atomic E-state index is 12.2. The van der Waals surface area contributed by atoms with Crippen LogP contribution in [-0.4, -0.2) is 37.0 Å². The van der Waals surface area contributed by atoms with Gasteiger partial charge in [-0.3, -0.25) is 9.69 Å². The number of ether oxygens (including phenoxy) is 1. The molecule has 25 heavy (non-hydrogen) atoms. The standard InChI is InChI=1S/C21H26N2O2/c24-21(22-13-16-25-20-7-3-1-4-8-20)19-11-9-18(10-12-19)17-23-14-5-2-6-15-23/h1,3-4,7-12H,2,5-6,13-17H2,(H,22,24). The fraction of sp³-hybridized carbons (Fsp3) is 0.381. The summed E-state index contributed by atoms with van der Waals surface area (Å²) in [7, 11) is 0. The third kappa shape index (κ3) is 5.61. The van der Waals surface area contributed by atoms with Gasteiger partial charge in [0, 0.05) is 12.1 Å². The smallest absolute Gasteiger partial charge is 0.251 e. The Bertz CT molecular complexity index is 649. The Hall–Kier alpha value is -2.33. The van der Waals surface area contributed by atoms with Gasteiger partial charge in [-0.05, 0) is 55.8 Å². The number of carbonyl (C=O) groups excluding carboxylic acids is 1. The van der Waals surface area contributed by atoms with Gasteiger partial charge in [-0.15, -0.1) is 0 Å². The second-order valence-corrected chi connectivity index (χ2v) is 6.45. The van der Waals surface area contributed by atoms with Gasteiger partial charge in [0.2, 0.25) is 0 Å². The molecule has 2 aromatic rings. The molecule has 0 bridgehead atoms. The van der Waals surface area contributed by atoms with Crippen LogP contribution in [0.4, 0.5) is 0 Å². The van der Waals surface area contributed by atoms with Crippen molar-refractivity contribution in [3.8, 4) is 5.75 Å². The summed E-state index contributed by atoms with van der Waals surface area (Å²) in [6.07, 6.45) is 3.95. The van der Waals surface area contributed by atoms with E-state index in [1.165, 1.54) is 37.9 Å². The zero-order valence-electron chi connectivity index (χ0n) is 14.6. The van der Waals surface area contributed by atoms with Gasteiger partial charge < -0.3 is 10.1 Å². The van der Waals surface area contributed by atoms with E-state index in [0.29, 0.717) is 18.7 Å². The number of hydrogen-bond acceptors (Lipinski definition) is 3. The summed E-state index contributed by atoms with van der Waals surface area (Å²) in [5.41, 5.74) is 1.97. The van der Waals surface area contributed by atoms with Gasteiger partial charge in [0.1, 0.15) is 12.4 Å². The summed E-state index contributed by atoms with van der Waals surface area (Å²) >= 11 is 0. The van der Waals surface area contributed by atoms with Crippen molar-refractivity contribution in [1.29, 1.82) is 0 Å². The van der Waals surface area contributed by atoms with Gasteiger partial charge >= 0.3 is 0 Å². The molecule has 1 N–H and O–H groups in total. The van der Waals surface area contributed by atoms with Crippen molar-refractivity contribution in [2.75, 3.05) is 26.2 Å². The average Bonchev–Trinajstić information content (AvgIpc) is 2.67. The number of rotatable bonds is 7. The minimum Gasteiger partial charge on any atom is -0.492 e. The molecule has 2 aromatic carbocycles. The van der Waals surface area contributed by atoms with Crippen molar-refractivity contribution in [1.82, 2.24) is 10.2 Å². The Kier molecular flexibility index (Phi) is 6.46. The van der Waals surface area contributed by atoms with Gasteiger partial charge in [0.25, 0.3) is 5.91 Å². The fourth-order valence-electron chi connectivity index (χ4n) is 3.09. The highest BCUT2D eigenvalue weighted by molar-refractivity contribution is 5.94. The molecule has 0 radical (unpaired) electrons. The molecule has 0 aliphatic carbocycles. The number of likely N-dealkylation sites (tertiary alicyclic amines) is 1. The van der Waals surface area contributed by atoms with Crippen LogP contribution in [-0.2, 0) is 6.54 Å². The third-order valence-electron chi connectivity index (χ3n) is 4.47. The van der Waals surface area contributed by atoms with Crippen molar-refractivity contribution in [2.24, 2.45) is 0 Å². The van der Waals surface area contributed by atoms with Crippen molar-refractivity contribution in [3.63, 3.8) is 0 Å². The molecular weight excluding hydrogens is 312 g/mol. The molecule has 0 spiro atoms. The van der Waals surface area contributed by atoms with Crippen LogP contribution in [0.3, 0.4) is 0 Å². The minimum atomic E-state index is -0.0545. The SMILES string of the molecule is O=C(NCCOc1ccccc1)c1ccc(CN2CCCCC2)cc1. The number of hydrogen-bond donors (Lipinski definition) is 1. The molecule has 1 amide bonds. The molecule has 0 unspecified atom stereocenters.